The number of aryl methyl sites for hydroxylation is 1. The molecule has 0 spiro atoms. The SMILES string of the molecule is Cc1c(CN(C)C(=O)c2ccnn2C(C)C(=O)O)cnn1C. The first-order valence-electron chi connectivity index (χ1n) is 6.82. The number of amides is 1. The highest BCUT2D eigenvalue weighted by Gasteiger charge is 2.23. The highest BCUT2D eigenvalue weighted by Crippen LogP contribution is 2.14. The maximum absolute atomic E-state index is 12.5. The lowest BCUT2D eigenvalue weighted by Crippen LogP contribution is -2.30. The van der Waals surface area contributed by atoms with E-state index in [1.54, 1.807) is 17.9 Å². The molecule has 0 aliphatic heterocycles. The van der Waals surface area contributed by atoms with Crippen molar-refractivity contribution in [1.82, 2.24) is 24.5 Å². The lowest BCUT2D eigenvalue weighted by molar-refractivity contribution is -0.140. The van der Waals surface area contributed by atoms with E-state index in [1.165, 1.54) is 28.8 Å². The summed E-state index contributed by atoms with van der Waals surface area (Å²) >= 11 is 0. The minimum atomic E-state index is -1.04. The quantitative estimate of drug-likeness (QED) is 0.883. The third-order valence-electron chi connectivity index (χ3n) is 3.70. The molecular formula is C14H19N5O3. The van der Waals surface area contributed by atoms with Gasteiger partial charge in [-0.25, -0.2) is 9.48 Å². The monoisotopic (exact) mass is 305 g/mol. The van der Waals surface area contributed by atoms with Crippen molar-refractivity contribution in [3.63, 3.8) is 0 Å². The van der Waals surface area contributed by atoms with Gasteiger partial charge >= 0.3 is 5.97 Å². The Morgan fingerprint density at radius 2 is 2.09 bits per heavy atom. The van der Waals surface area contributed by atoms with E-state index < -0.39 is 12.0 Å². The van der Waals surface area contributed by atoms with E-state index in [0.29, 0.717) is 6.54 Å². The first kappa shape index (κ1) is 15.7. The van der Waals surface area contributed by atoms with Crippen molar-refractivity contribution in [3.8, 4) is 0 Å². The maximum atomic E-state index is 12.5. The molecule has 0 fully saturated rings. The largest absolute Gasteiger partial charge is 0.480 e. The highest BCUT2D eigenvalue weighted by atomic mass is 16.4. The van der Waals surface area contributed by atoms with Crippen LogP contribution in [0.2, 0.25) is 0 Å². The van der Waals surface area contributed by atoms with Crippen molar-refractivity contribution >= 4 is 11.9 Å². The van der Waals surface area contributed by atoms with Gasteiger partial charge in [0, 0.05) is 38.1 Å². The molecule has 1 unspecified atom stereocenters. The average Bonchev–Trinajstić information content (AvgIpc) is 3.07. The molecule has 22 heavy (non-hydrogen) atoms. The van der Waals surface area contributed by atoms with E-state index in [1.807, 2.05) is 14.0 Å². The fourth-order valence-corrected chi connectivity index (χ4v) is 2.12. The molecule has 0 radical (unpaired) electrons. The van der Waals surface area contributed by atoms with Gasteiger partial charge in [0.25, 0.3) is 5.91 Å². The summed E-state index contributed by atoms with van der Waals surface area (Å²) in [7, 11) is 3.50. The summed E-state index contributed by atoms with van der Waals surface area (Å²) in [6.07, 6.45) is 3.14. The predicted molar refractivity (Wildman–Crippen MR) is 78.3 cm³/mol. The van der Waals surface area contributed by atoms with E-state index in [-0.39, 0.29) is 11.6 Å². The number of carbonyl (C=O) groups excluding carboxylic acids is 1. The zero-order chi connectivity index (χ0) is 16.4. The molecule has 0 saturated heterocycles. The smallest absolute Gasteiger partial charge is 0.328 e. The molecule has 2 aromatic rings. The van der Waals surface area contributed by atoms with Crippen LogP contribution in [0.15, 0.2) is 18.5 Å². The van der Waals surface area contributed by atoms with Gasteiger partial charge in [-0.3, -0.25) is 9.48 Å². The topological polar surface area (TPSA) is 93.2 Å². The van der Waals surface area contributed by atoms with Crippen LogP contribution in [0.25, 0.3) is 0 Å². The minimum absolute atomic E-state index is 0.249. The van der Waals surface area contributed by atoms with Gasteiger partial charge in [0.15, 0.2) is 0 Å². The molecule has 8 nitrogen and oxygen atoms in total. The van der Waals surface area contributed by atoms with Crippen LogP contribution in [0.5, 0.6) is 0 Å². The Morgan fingerprint density at radius 3 is 2.64 bits per heavy atom. The number of aromatic nitrogens is 4. The summed E-state index contributed by atoms with van der Waals surface area (Å²) in [6, 6.07) is 0.622. The van der Waals surface area contributed by atoms with Crippen LogP contribution in [0.4, 0.5) is 0 Å². The Balaban J connectivity index is 2.20. The van der Waals surface area contributed by atoms with Gasteiger partial charge in [-0.05, 0) is 19.9 Å². The lowest BCUT2D eigenvalue weighted by atomic mass is 10.2. The van der Waals surface area contributed by atoms with Crippen molar-refractivity contribution in [2.24, 2.45) is 7.05 Å². The zero-order valence-corrected chi connectivity index (χ0v) is 13.0. The molecule has 118 valence electrons. The van der Waals surface area contributed by atoms with Gasteiger partial charge < -0.3 is 10.0 Å². The number of hydrogen-bond acceptors (Lipinski definition) is 4. The molecule has 0 aliphatic carbocycles. The molecule has 2 rings (SSSR count). The number of rotatable bonds is 5. The summed E-state index contributed by atoms with van der Waals surface area (Å²) in [5.41, 5.74) is 2.17. The number of aliphatic carboxylic acids is 1. The standard InChI is InChI=1S/C14H19N5O3/c1-9-11(7-16-18(9)4)8-17(3)13(20)12-5-6-15-19(12)10(2)14(21)22/h5-7,10H,8H2,1-4H3,(H,21,22). The molecular weight excluding hydrogens is 286 g/mol. The van der Waals surface area contributed by atoms with Gasteiger partial charge in [-0.15, -0.1) is 0 Å². The summed E-state index contributed by atoms with van der Waals surface area (Å²) < 4.78 is 2.96. The molecule has 0 aliphatic rings. The Bertz CT molecular complexity index is 703. The molecule has 2 aromatic heterocycles. The Morgan fingerprint density at radius 1 is 1.41 bits per heavy atom. The van der Waals surface area contributed by atoms with Gasteiger partial charge in [-0.2, -0.15) is 10.2 Å². The van der Waals surface area contributed by atoms with Crippen molar-refractivity contribution in [3.05, 3.63) is 35.4 Å². The molecule has 0 aromatic carbocycles. The molecule has 1 amide bonds. The molecule has 0 saturated carbocycles. The Labute approximate surface area is 127 Å². The van der Waals surface area contributed by atoms with Crippen molar-refractivity contribution < 1.29 is 14.7 Å². The third-order valence-corrected chi connectivity index (χ3v) is 3.70. The first-order chi connectivity index (χ1) is 10.3. The minimum Gasteiger partial charge on any atom is -0.480 e. The van der Waals surface area contributed by atoms with E-state index >= 15 is 0 Å². The predicted octanol–water partition coefficient (Wildman–Crippen LogP) is 0.843. The summed E-state index contributed by atoms with van der Waals surface area (Å²) in [4.78, 5) is 25.1. The Hall–Kier alpha value is -2.64. The number of hydrogen-bond donors (Lipinski definition) is 1. The van der Waals surface area contributed by atoms with Crippen LogP contribution in [0, 0.1) is 6.92 Å². The van der Waals surface area contributed by atoms with Crippen LogP contribution in [0.3, 0.4) is 0 Å². The van der Waals surface area contributed by atoms with E-state index in [2.05, 4.69) is 10.2 Å². The highest BCUT2D eigenvalue weighted by molar-refractivity contribution is 5.92. The second kappa shape index (κ2) is 6.00. The second-order valence-electron chi connectivity index (χ2n) is 5.22. The van der Waals surface area contributed by atoms with Crippen LogP contribution in [-0.4, -0.2) is 48.5 Å². The molecule has 8 heteroatoms. The molecule has 1 atom stereocenters. The van der Waals surface area contributed by atoms with E-state index in [9.17, 15) is 9.59 Å². The fourth-order valence-electron chi connectivity index (χ4n) is 2.12. The summed E-state index contributed by atoms with van der Waals surface area (Å²) in [5.74, 6) is -1.32. The van der Waals surface area contributed by atoms with Crippen LogP contribution >= 0.6 is 0 Å². The number of carboxylic acids is 1. The zero-order valence-electron chi connectivity index (χ0n) is 13.0. The number of carboxylic acid groups (broad SMARTS) is 1. The van der Waals surface area contributed by atoms with Gasteiger partial charge in [0.05, 0.1) is 6.20 Å². The van der Waals surface area contributed by atoms with E-state index in [4.69, 9.17) is 5.11 Å². The van der Waals surface area contributed by atoms with Gasteiger partial charge in [-0.1, -0.05) is 0 Å². The first-order valence-corrected chi connectivity index (χ1v) is 6.82. The third kappa shape index (κ3) is 2.85. The number of nitrogens with zero attached hydrogens (tertiary/aromatic N) is 5. The number of carbonyl (C=O) groups is 2. The maximum Gasteiger partial charge on any atom is 0.328 e. The fraction of sp³-hybridized carbons (Fsp3) is 0.429. The summed E-state index contributed by atoms with van der Waals surface area (Å²) in [6.45, 7) is 3.81. The Kier molecular flexibility index (Phi) is 4.30. The van der Waals surface area contributed by atoms with Crippen molar-refractivity contribution in [2.45, 2.75) is 26.4 Å². The van der Waals surface area contributed by atoms with E-state index in [0.717, 1.165) is 11.3 Å². The van der Waals surface area contributed by atoms with Gasteiger partial charge in [0.1, 0.15) is 11.7 Å². The molecule has 2 heterocycles. The lowest BCUT2D eigenvalue weighted by Gasteiger charge is -2.18. The molecule has 1 N–H and O–H groups in total. The van der Waals surface area contributed by atoms with Crippen LogP contribution in [-0.2, 0) is 18.4 Å². The summed E-state index contributed by atoms with van der Waals surface area (Å²) in [5, 5.41) is 17.2. The molecule has 0 bridgehead atoms. The average molecular weight is 305 g/mol. The van der Waals surface area contributed by atoms with Crippen molar-refractivity contribution in [2.75, 3.05) is 7.05 Å². The van der Waals surface area contributed by atoms with Gasteiger partial charge in [0.2, 0.25) is 0 Å². The van der Waals surface area contributed by atoms with Crippen LogP contribution in [0.1, 0.15) is 34.7 Å². The normalized spacial score (nSPS) is 12.2. The van der Waals surface area contributed by atoms with Crippen molar-refractivity contribution in [1.29, 1.82) is 0 Å². The second-order valence-corrected chi connectivity index (χ2v) is 5.22. The van der Waals surface area contributed by atoms with Crippen LogP contribution < -0.4 is 0 Å².